The summed E-state index contributed by atoms with van der Waals surface area (Å²) < 4.78 is 0. The molecule has 0 aliphatic rings. The first kappa shape index (κ1) is 38.5. The molecule has 6 aromatic carbocycles. The van der Waals surface area contributed by atoms with Gasteiger partial charge in [-0.15, -0.1) is 0 Å². The van der Waals surface area contributed by atoms with E-state index < -0.39 is 0 Å². The Kier molecular flexibility index (Phi) is 14.6. The third kappa shape index (κ3) is 13.6. The lowest BCUT2D eigenvalue weighted by Crippen LogP contribution is -2.24. The molecule has 0 bridgehead atoms. The number of rotatable bonds is 19. The lowest BCUT2D eigenvalue weighted by atomic mass is 10.1. The first-order valence-electron chi connectivity index (χ1n) is 19.2. The molecule has 0 aliphatic carbocycles. The van der Waals surface area contributed by atoms with Crippen LogP contribution in [0.1, 0.15) is 60.1 Å². The molecule has 0 amide bonds. The van der Waals surface area contributed by atoms with Gasteiger partial charge in [0.2, 0.25) is 0 Å². The highest BCUT2D eigenvalue weighted by atomic mass is 15.5. The van der Waals surface area contributed by atoms with Crippen LogP contribution in [-0.2, 0) is 39.3 Å². The highest BCUT2D eigenvalue weighted by Crippen LogP contribution is 2.17. The van der Waals surface area contributed by atoms with Crippen LogP contribution in [0.2, 0.25) is 0 Å². The number of nitrogens with zero attached hydrogens (tertiary/aromatic N) is 6. The standard InChI is InChI=1S/C49H52N6/c1-41(50-53(35-43-21-9-3-10-22-43)36-44-23-11-4-12-24-44)33-49(52-55(39-47-29-17-7-18-30-47)40-48-31-19-8-20-32-48)34-42(2)51-54(37-45-25-13-5-14-26-45)38-46-27-15-6-16-28-46/h3-32H,33-40H2,1-2H3. The summed E-state index contributed by atoms with van der Waals surface area (Å²) in [4.78, 5) is 0. The van der Waals surface area contributed by atoms with Gasteiger partial charge in [-0.1, -0.05) is 182 Å². The van der Waals surface area contributed by atoms with Crippen molar-refractivity contribution in [1.29, 1.82) is 0 Å². The number of benzene rings is 6. The Bertz CT molecular complexity index is 1840. The van der Waals surface area contributed by atoms with Gasteiger partial charge in [0, 0.05) is 30.0 Å². The highest BCUT2D eigenvalue weighted by molar-refractivity contribution is 6.11. The molecule has 0 spiro atoms. The molecule has 6 aromatic rings. The van der Waals surface area contributed by atoms with Gasteiger partial charge in [0.1, 0.15) is 0 Å². The van der Waals surface area contributed by atoms with Gasteiger partial charge in [0.25, 0.3) is 0 Å². The molecule has 6 rings (SSSR count). The van der Waals surface area contributed by atoms with E-state index in [2.05, 4.69) is 211 Å². The van der Waals surface area contributed by atoms with Crippen LogP contribution in [0.15, 0.2) is 197 Å². The first-order chi connectivity index (χ1) is 27.0. The van der Waals surface area contributed by atoms with E-state index in [1.54, 1.807) is 0 Å². The van der Waals surface area contributed by atoms with Crippen molar-refractivity contribution in [3.63, 3.8) is 0 Å². The third-order valence-corrected chi connectivity index (χ3v) is 9.07. The summed E-state index contributed by atoms with van der Waals surface area (Å²) in [6.45, 7) is 8.47. The van der Waals surface area contributed by atoms with Crippen LogP contribution in [0.5, 0.6) is 0 Å². The topological polar surface area (TPSA) is 46.8 Å². The van der Waals surface area contributed by atoms with E-state index in [9.17, 15) is 0 Å². The van der Waals surface area contributed by atoms with E-state index >= 15 is 0 Å². The van der Waals surface area contributed by atoms with Gasteiger partial charge in [-0.3, -0.25) is 15.0 Å². The molecule has 0 atom stereocenters. The summed E-state index contributed by atoms with van der Waals surface area (Å²) in [5.74, 6) is 0. The van der Waals surface area contributed by atoms with Crippen molar-refractivity contribution in [2.75, 3.05) is 0 Å². The lowest BCUT2D eigenvalue weighted by molar-refractivity contribution is 0.267. The van der Waals surface area contributed by atoms with Crippen LogP contribution in [0.25, 0.3) is 0 Å². The Labute approximate surface area is 327 Å². The predicted octanol–water partition coefficient (Wildman–Crippen LogP) is 11.0. The second kappa shape index (κ2) is 20.8. The molecule has 0 N–H and O–H groups in total. The average Bonchev–Trinajstić information content (AvgIpc) is 3.20. The van der Waals surface area contributed by atoms with Crippen LogP contribution in [-0.4, -0.2) is 32.2 Å². The molecule has 0 heterocycles. The fourth-order valence-corrected chi connectivity index (χ4v) is 6.62. The van der Waals surface area contributed by atoms with Crippen LogP contribution >= 0.6 is 0 Å². The molecule has 55 heavy (non-hydrogen) atoms. The Morgan fingerprint density at radius 2 is 0.509 bits per heavy atom. The molecule has 278 valence electrons. The summed E-state index contributed by atoms with van der Waals surface area (Å²) in [6.07, 6.45) is 1.23. The van der Waals surface area contributed by atoms with Gasteiger partial charge >= 0.3 is 0 Å². The van der Waals surface area contributed by atoms with Crippen molar-refractivity contribution < 1.29 is 0 Å². The molecule has 6 heteroatoms. The molecule has 0 saturated heterocycles. The highest BCUT2D eigenvalue weighted by Gasteiger charge is 2.14. The summed E-state index contributed by atoms with van der Waals surface area (Å²) in [6, 6.07) is 63.4. The molecule has 0 unspecified atom stereocenters. The molecule has 0 saturated carbocycles. The molecule has 0 aromatic heterocycles. The van der Waals surface area contributed by atoms with E-state index in [4.69, 9.17) is 15.3 Å². The maximum atomic E-state index is 5.45. The van der Waals surface area contributed by atoms with Crippen molar-refractivity contribution in [2.24, 2.45) is 15.3 Å². The van der Waals surface area contributed by atoms with E-state index in [-0.39, 0.29) is 0 Å². The van der Waals surface area contributed by atoms with Gasteiger partial charge < -0.3 is 0 Å². The second-order valence-corrected chi connectivity index (χ2v) is 14.1. The van der Waals surface area contributed by atoms with Gasteiger partial charge in [-0.25, -0.2) is 0 Å². The monoisotopic (exact) mass is 724 g/mol. The zero-order valence-corrected chi connectivity index (χ0v) is 32.2. The van der Waals surface area contributed by atoms with Crippen LogP contribution in [0, 0.1) is 0 Å². The molecule has 6 nitrogen and oxygen atoms in total. The molecular formula is C49H52N6. The lowest BCUT2D eigenvalue weighted by Gasteiger charge is -2.24. The van der Waals surface area contributed by atoms with Crippen molar-refractivity contribution in [3.8, 4) is 0 Å². The largest absolute Gasteiger partial charge is 0.288 e. The van der Waals surface area contributed by atoms with Gasteiger partial charge in [0.15, 0.2) is 0 Å². The minimum Gasteiger partial charge on any atom is -0.288 e. The van der Waals surface area contributed by atoms with E-state index in [0.717, 1.165) is 17.1 Å². The minimum atomic E-state index is 0.615. The maximum Gasteiger partial charge on any atom is 0.0614 e. The summed E-state index contributed by atoms with van der Waals surface area (Å²) in [5, 5.41) is 22.5. The predicted molar refractivity (Wildman–Crippen MR) is 229 cm³/mol. The van der Waals surface area contributed by atoms with Crippen molar-refractivity contribution in [3.05, 3.63) is 215 Å². The number of hydrogen-bond donors (Lipinski definition) is 0. The fourth-order valence-electron chi connectivity index (χ4n) is 6.62. The Morgan fingerprint density at radius 3 is 0.727 bits per heavy atom. The van der Waals surface area contributed by atoms with Crippen molar-refractivity contribution in [1.82, 2.24) is 15.0 Å². The van der Waals surface area contributed by atoms with E-state index in [0.29, 0.717) is 52.1 Å². The zero-order valence-electron chi connectivity index (χ0n) is 32.2. The normalized spacial score (nSPS) is 11.5. The van der Waals surface area contributed by atoms with Crippen molar-refractivity contribution >= 4 is 17.1 Å². The first-order valence-corrected chi connectivity index (χ1v) is 19.2. The summed E-state index contributed by atoms with van der Waals surface area (Å²) in [7, 11) is 0. The fraction of sp³-hybridized carbons (Fsp3) is 0.204. The zero-order chi connectivity index (χ0) is 37.9. The molecular weight excluding hydrogens is 673 g/mol. The molecule has 0 fully saturated rings. The molecule has 0 aliphatic heterocycles. The van der Waals surface area contributed by atoms with E-state index in [1.807, 2.05) is 0 Å². The van der Waals surface area contributed by atoms with Gasteiger partial charge in [-0.05, 0) is 47.2 Å². The Morgan fingerprint density at radius 1 is 0.309 bits per heavy atom. The maximum absolute atomic E-state index is 5.45. The second-order valence-electron chi connectivity index (χ2n) is 14.1. The SMILES string of the molecule is CC(CC(CC(C)=NN(Cc1ccccc1)Cc1ccccc1)=NN(Cc1ccccc1)Cc1ccccc1)=NN(Cc1ccccc1)Cc1ccccc1. The number of hydrogen-bond acceptors (Lipinski definition) is 6. The molecule has 0 radical (unpaired) electrons. The Balaban J connectivity index is 1.32. The van der Waals surface area contributed by atoms with Gasteiger partial charge in [-0.2, -0.15) is 15.3 Å². The average molecular weight is 725 g/mol. The quantitative estimate of drug-likeness (QED) is 0.0617. The third-order valence-electron chi connectivity index (χ3n) is 9.07. The minimum absolute atomic E-state index is 0.615. The Hall–Kier alpha value is -6.27. The smallest absolute Gasteiger partial charge is 0.0614 e. The number of hydrazone groups is 3. The van der Waals surface area contributed by atoms with Crippen LogP contribution in [0.3, 0.4) is 0 Å². The van der Waals surface area contributed by atoms with Crippen molar-refractivity contribution in [2.45, 2.75) is 66.0 Å². The summed E-state index contributed by atoms with van der Waals surface area (Å²) in [5.41, 5.74) is 10.3. The van der Waals surface area contributed by atoms with E-state index in [1.165, 1.54) is 33.4 Å². The van der Waals surface area contributed by atoms with Crippen LogP contribution < -0.4 is 0 Å². The van der Waals surface area contributed by atoms with Crippen LogP contribution in [0.4, 0.5) is 0 Å². The van der Waals surface area contributed by atoms with Gasteiger partial charge in [0.05, 0.1) is 39.3 Å². The summed E-state index contributed by atoms with van der Waals surface area (Å²) >= 11 is 0.